The molecule has 1 aromatic carbocycles. The molecule has 1 aromatic heterocycles. The number of amides is 2. The third kappa shape index (κ3) is 5.27. The lowest BCUT2D eigenvalue weighted by Gasteiger charge is -2.13. The fourth-order valence-electron chi connectivity index (χ4n) is 2.02. The summed E-state index contributed by atoms with van der Waals surface area (Å²) >= 11 is 0. The Morgan fingerprint density at radius 3 is 2.52 bits per heavy atom. The van der Waals surface area contributed by atoms with E-state index in [2.05, 4.69) is 17.8 Å². The molecule has 7 nitrogen and oxygen atoms in total. The molecule has 134 valence electrons. The van der Waals surface area contributed by atoms with Crippen LogP contribution in [0.5, 0.6) is 11.5 Å². The molecule has 0 saturated carbocycles. The van der Waals surface area contributed by atoms with Gasteiger partial charge in [0.2, 0.25) is 0 Å². The van der Waals surface area contributed by atoms with Gasteiger partial charge in [-0.05, 0) is 43.7 Å². The SMILES string of the molecule is CCCCOc1ccc(C(=O)NNC(=O)c2ccco2)cc1OCC. The van der Waals surface area contributed by atoms with Gasteiger partial charge in [-0.25, -0.2) is 0 Å². The number of benzene rings is 1. The molecule has 2 N–H and O–H groups in total. The quantitative estimate of drug-likeness (QED) is 0.566. The van der Waals surface area contributed by atoms with Crippen LogP contribution in [0.1, 0.15) is 47.6 Å². The summed E-state index contributed by atoms with van der Waals surface area (Å²) in [4.78, 5) is 23.9. The van der Waals surface area contributed by atoms with Gasteiger partial charge in [0, 0.05) is 5.56 Å². The summed E-state index contributed by atoms with van der Waals surface area (Å²) in [7, 11) is 0. The van der Waals surface area contributed by atoms with Gasteiger partial charge in [-0.1, -0.05) is 13.3 Å². The number of carbonyl (C=O) groups is 2. The Morgan fingerprint density at radius 2 is 1.84 bits per heavy atom. The fourth-order valence-corrected chi connectivity index (χ4v) is 2.02. The molecule has 2 aromatic rings. The van der Waals surface area contributed by atoms with E-state index in [-0.39, 0.29) is 5.76 Å². The minimum absolute atomic E-state index is 0.106. The van der Waals surface area contributed by atoms with E-state index >= 15 is 0 Å². The molecule has 0 atom stereocenters. The number of hydrazine groups is 1. The van der Waals surface area contributed by atoms with Crippen molar-refractivity contribution in [3.8, 4) is 11.5 Å². The van der Waals surface area contributed by atoms with Crippen molar-refractivity contribution in [1.29, 1.82) is 0 Å². The molecule has 0 aliphatic heterocycles. The number of carbonyl (C=O) groups excluding carboxylic acids is 2. The monoisotopic (exact) mass is 346 g/mol. The Hall–Kier alpha value is -2.96. The average Bonchev–Trinajstić information content (AvgIpc) is 3.15. The van der Waals surface area contributed by atoms with Gasteiger partial charge < -0.3 is 13.9 Å². The molecule has 0 spiro atoms. The molecule has 0 bridgehead atoms. The fraction of sp³-hybridized carbons (Fsp3) is 0.333. The van der Waals surface area contributed by atoms with Crippen molar-refractivity contribution < 1.29 is 23.5 Å². The van der Waals surface area contributed by atoms with Gasteiger partial charge in [0.1, 0.15) is 0 Å². The summed E-state index contributed by atoms with van der Waals surface area (Å²) in [5.41, 5.74) is 4.96. The minimum atomic E-state index is -0.539. The molecule has 0 aliphatic rings. The van der Waals surface area contributed by atoms with Crippen LogP contribution in [-0.2, 0) is 0 Å². The molecule has 25 heavy (non-hydrogen) atoms. The lowest BCUT2D eigenvalue weighted by molar-refractivity contribution is 0.0830. The van der Waals surface area contributed by atoms with Crippen LogP contribution in [0, 0.1) is 0 Å². The molecule has 0 saturated heterocycles. The van der Waals surface area contributed by atoms with Gasteiger partial charge >= 0.3 is 5.91 Å². The first-order chi connectivity index (χ1) is 12.2. The van der Waals surface area contributed by atoms with Crippen molar-refractivity contribution in [2.45, 2.75) is 26.7 Å². The summed E-state index contributed by atoms with van der Waals surface area (Å²) in [5, 5.41) is 0. The number of ether oxygens (including phenoxy) is 2. The maximum atomic E-state index is 12.2. The maximum absolute atomic E-state index is 12.2. The summed E-state index contributed by atoms with van der Waals surface area (Å²) < 4.78 is 16.2. The first-order valence-electron chi connectivity index (χ1n) is 8.19. The maximum Gasteiger partial charge on any atom is 0.305 e. The molecular weight excluding hydrogens is 324 g/mol. The third-order valence-corrected chi connectivity index (χ3v) is 3.30. The number of hydrogen-bond acceptors (Lipinski definition) is 5. The van der Waals surface area contributed by atoms with E-state index in [0.717, 1.165) is 12.8 Å². The molecule has 2 rings (SSSR count). The molecule has 0 radical (unpaired) electrons. The van der Waals surface area contributed by atoms with E-state index in [4.69, 9.17) is 13.9 Å². The van der Waals surface area contributed by atoms with Gasteiger partial charge in [0.25, 0.3) is 5.91 Å². The minimum Gasteiger partial charge on any atom is -0.490 e. The molecular formula is C18H22N2O5. The van der Waals surface area contributed by atoms with Gasteiger partial charge in [-0.2, -0.15) is 0 Å². The summed E-state index contributed by atoms with van der Waals surface area (Å²) in [6.45, 7) is 4.97. The number of unbranched alkanes of at least 4 members (excludes halogenated alkanes) is 1. The standard InChI is InChI=1S/C18H22N2O5/c1-3-5-10-24-14-9-8-13(12-16(14)23-4-2)17(21)19-20-18(22)15-7-6-11-25-15/h6-9,11-12H,3-5,10H2,1-2H3,(H,19,21)(H,20,22). The Labute approximate surface area is 146 Å². The van der Waals surface area contributed by atoms with E-state index < -0.39 is 11.8 Å². The van der Waals surface area contributed by atoms with E-state index in [0.29, 0.717) is 30.3 Å². The molecule has 0 unspecified atom stereocenters. The van der Waals surface area contributed by atoms with Crippen LogP contribution in [0.2, 0.25) is 0 Å². The lowest BCUT2D eigenvalue weighted by atomic mass is 10.2. The van der Waals surface area contributed by atoms with Crippen molar-refractivity contribution in [3.63, 3.8) is 0 Å². The zero-order chi connectivity index (χ0) is 18.1. The van der Waals surface area contributed by atoms with Crippen LogP contribution in [0.25, 0.3) is 0 Å². The van der Waals surface area contributed by atoms with Crippen molar-refractivity contribution >= 4 is 11.8 Å². The summed E-state index contributed by atoms with van der Waals surface area (Å²) in [6.07, 6.45) is 3.34. The molecule has 1 heterocycles. The highest BCUT2D eigenvalue weighted by Gasteiger charge is 2.14. The van der Waals surface area contributed by atoms with Crippen molar-refractivity contribution in [3.05, 3.63) is 47.9 Å². The molecule has 0 fully saturated rings. The van der Waals surface area contributed by atoms with Crippen LogP contribution in [0.15, 0.2) is 41.0 Å². The van der Waals surface area contributed by atoms with Crippen LogP contribution < -0.4 is 20.3 Å². The Morgan fingerprint density at radius 1 is 1.04 bits per heavy atom. The van der Waals surface area contributed by atoms with Gasteiger partial charge in [0.15, 0.2) is 17.3 Å². The largest absolute Gasteiger partial charge is 0.490 e. The molecule has 7 heteroatoms. The van der Waals surface area contributed by atoms with Crippen molar-refractivity contribution in [2.24, 2.45) is 0 Å². The zero-order valence-electron chi connectivity index (χ0n) is 14.3. The number of rotatable bonds is 8. The Kier molecular flexibility index (Phi) is 6.88. The Balaban J connectivity index is 2.00. The topological polar surface area (TPSA) is 89.8 Å². The number of nitrogens with one attached hydrogen (secondary N) is 2. The Bertz CT molecular complexity index is 697. The highest BCUT2D eigenvalue weighted by molar-refractivity contribution is 5.98. The summed E-state index contributed by atoms with van der Waals surface area (Å²) in [6, 6.07) is 7.96. The van der Waals surface area contributed by atoms with Crippen LogP contribution >= 0.6 is 0 Å². The van der Waals surface area contributed by atoms with Crippen LogP contribution in [0.3, 0.4) is 0 Å². The number of furan rings is 1. The number of hydrogen-bond donors (Lipinski definition) is 2. The average molecular weight is 346 g/mol. The highest BCUT2D eigenvalue weighted by Crippen LogP contribution is 2.28. The van der Waals surface area contributed by atoms with E-state index in [1.54, 1.807) is 24.3 Å². The first-order valence-corrected chi connectivity index (χ1v) is 8.19. The first kappa shape index (κ1) is 18.4. The lowest BCUT2D eigenvalue weighted by Crippen LogP contribution is -2.41. The van der Waals surface area contributed by atoms with Gasteiger partial charge in [-0.15, -0.1) is 0 Å². The second kappa shape index (κ2) is 9.36. The normalized spacial score (nSPS) is 10.2. The zero-order valence-corrected chi connectivity index (χ0v) is 14.3. The smallest absolute Gasteiger partial charge is 0.305 e. The van der Waals surface area contributed by atoms with Crippen molar-refractivity contribution in [2.75, 3.05) is 13.2 Å². The molecule has 2 amide bonds. The van der Waals surface area contributed by atoms with Gasteiger partial charge in [0.05, 0.1) is 19.5 Å². The van der Waals surface area contributed by atoms with Crippen LogP contribution in [-0.4, -0.2) is 25.0 Å². The summed E-state index contributed by atoms with van der Waals surface area (Å²) in [5.74, 6) is 0.175. The van der Waals surface area contributed by atoms with E-state index in [9.17, 15) is 9.59 Å². The van der Waals surface area contributed by atoms with E-state index in [1.165, 1.54) is 12.3 Å². The van der Waals surface area contributed by atoms with Crippen molar-refractivity contribution in [1.82, 2.24) is 10.9 Å². The third-order valence-electron chi connectivity index (χ3n) is 3.30. The highest BCUT2D eigenvalue weighted by atomic mass is 16.5. The van der Waals surface area contributed by atoms with E-state index in [1.807, 2.05) is 6.92 Å². The predicted molar refractivity (Wildman–Crippen MR) is 91.7 cm³/mol. The second-order valence-electron chi connectivity index (χ2n) is 5.18. The second-order valence-corrected chi connectivity index (χ2v) is 5.18. The van der Waals surface area contributed by atoms with Gasteiger partial charge in [-0.3, -0.25) is 20.4 Å². The van der Waals surface area contributed by atoms with Crippen LogP contribution in [0.4, 0.5) is 0 Å². The predicted octanol–water partition coefficient (Wildman–Crippen LogP) is 2.93. The molecule has 0 aliphatic carbocycles.